The quantitative estimate of drug-likeness (QED) is 0.516. The summed E-state index contributed by atoms with van der Waals surface area (Å²) >= 11 is 0. The van der Waals surface area contributed by atoms with Gasteiger partial charge in [0.25, 0.3) is 5.91 Å². The molecule has 0 bridgehead atoms. The number of methoxy groups -OCH3 is 1. The van der Waals surface area contributed by atoms with Crippen LogP contribution in [0.3, 0.4) is 0 Å². The van der Waals surface area contributed by atoms with E-state index in [0.717, 1.165) is 11.3 Å². The van der Waals surface area contributed by atoms with Crippen LogP contribution in [-0.2, 0) is 20.8 Å². The number of nitrogens with zero attached hydrogens (tertiary/aromatic N) is 3. The minimum atomic E-state index is -1.20. The third-order valence-electron chi connectivity index (χ3n) is 6.91. The van der Waals surface area contributed by atoms with E-state index in [0.29, 0.717) is 30.9 Å². The van der Waals surface area contributed by atoms with E-state index in [1.54, 1.807) is 57.2 Å². The van der Waals surface area contributed by atoms with Gasteiger partial charge in [-0.05, 0) is 38.0 Å². The lowest BCUT2D eigenvalue weighted by Gasteiger charge is -2.40. The van der Waals surface area contributed by atoms with Crippen LogP contribution in [-0.4, -0.2) is 78.8 Å². The fraction of sp³-hybridized carbons (Fsp3) is 0.429. The number of rotatable bonds is 9. The van der Waals surface area contributed by atoms with E-state index in [4.69, 9.17) is 15.2 Å². The van der Waals surface area contributed by atoms with Gasteiger partial charge in [0.15, 0.2) is 0 Å². The molecule has 38 heavy (non-hydrogen) atoms. The number of likely N-dealkylation sites (tertiary alicyclic amines) is 1. The van der Waals surface area contributed by atoms with Crippen LogP contribution in [0.4, 0.5) is 0 Å². The number of piperidine rings is 1. The lowest BCUT2D eigenvalue weighted by atomic mass is 9.73. The number of hydrogen-bond donors (Lipinski definition) is 2. The Labute approximate surface area is 222 Å². The van der Waals surface area contributed by atoms with E-state index in [9.17, 15) is 14.4 Å². The van der Waals surface area contributed by atoms with Crippen molar-refractivity contribution in [2.45, 2.75) is 38.3 Å². The maximum atomic E-state index is 13.9. The maximum absolute atomic E-state index is 13.9. The first kappa shape index (κ1) is 27.1. The molecule has 3 N–H and O–H groups in total. The summed E-state index contributed by atoms with van der Waals surface area (Å²) in [5.41, 5.74) is 5.60. The standard InChI is InChI=1S/C28H35N5O5/c1-27(2,29)25(35)30-22(17-38-21-12-8-11-20(15-21)37-4)24(34)33-14-13-23-28(18-33,26(36)32(3)31-23)16-19-9-6-5-7-10-19/h5-12,15,22H,13-14,16-18,29H2,1-4H3,(H,30,35)/t22-,28-/m1/s1. The summed E-state index contributed by atoms with van der Waals surface area (Å²) in [5, 5.41) is 8.64. The number of carbonyl (C=O) groups excluding carboxylic acids is 3. The predicted molar refractivity (Wildman–Crippen MR) is 143 cm³/mol. The number of ether oxygens (including phenoxy) is 2. The van der Waals surface area contributed by atoms with Crippen LogP contribution >= 0.6 is 0 Å². The van der Waals surface area contributed by atoms with Crippen molar-refractivity contribution in [2.24, 2.45) is 16.3 Å². The molecule has 2 aliphatic heterocycles. The first-order valence-electron chi connectivity index (χ1n) is 12.6. The zero-order chi connectivity index (χ0) is 27.5. The molecule has 2 aromatic carbocycles. The van der Waals surface area contributed by atoms with Gasteiger partial charge in [-0.15, -0.1) is 0 Å². The second-order valence-corrected chi connectivity index (χ2v) is 10.4. The normalized spacial score (nSPS) is 19.9. The highest BCUT2D eigenvalue weighted by atomic mass is 16.5. The summed E-state index contributed by atoms with van der Waals surface area (Å²) in [4.78, 5) is 41.7. The molecule has 10 nitrogen and oxygen atoms in total. The van der Waals surface area contributed by atoms with Crippen LogP contribution in [0, 0.1) is 5.41 Å². The highest BCUT2D eigenvalue weighted by Gasteiger charge is 2.54. The lowest BCUT2D eigenvalue weighted by Crippen LogP contribution is -2.62. The molecule has 3 amide bonds. The van der Waals surface area contributed by atoms with E-state index < -0.39 is 22.9 Å². The fourth-order valence-corrected chi connectivity index (χ4v) is 4.83. The SMILES string of the molecule is COc1cccc(OC[C@@H](NC(=O)C(C)(C)N)C(=O)N2CCC3=NN(C)C(=O)[C@]3(Cc3ccccc3)C2)c1. The number of nitrogens with one attached hydrogen (secondary N) is 1. The third kappa shape index (κ3) is 5.65. The molecular formula is C28H35N5O5. The summed E-state index contributed by atoms with van der Waals surface area (Å²) in [6, 6.07) is 15.7. The van der Waals surface area contributed by atoms with Crippen LogP contribution in [0.25, 0.3) is 0 Å². The van der Waals surface area contributed by atoms with Gasteiger partial charge in [0.05, 0.1) is 18.4 Å². The minimum Gasteiger partial charge on any atom is -0.497 e. The van der Waals surface area contributed by atoms with Gasteiger partial charge in [0.1, 0.15) is 29.6 Å². The molecule has 0 radical (unpaired) electrons. The first-order valence-corrected chi connectivity index (χ1v) is 12.6. The Bertz CT molecular complexity index is 1230. The van der Waals surface area contributed by atoms with Crippen molar-refractivity contribution < 1.29 is 23.9 Å². The predicted octanol–water partition coefficient (Wildman–Crippen LogP) is 1.59. The molecule has 1 fully saturated rings. The summed E-state index contributed by atoms with van der Waals surface area (Å²) in [5.74, 6) is 0.112. The second kappa shape index (κ2) is 10.8. The molecular weight excluding hydrogens is 486 g/mol. The van der Waals surface area contributed by atoms with Crippen molar-refractivity contribution in [3.8, 4) is 11.5 Å². The summed E-state index contributed by atoms with van der Waals surface area (Å²) in [7, 11) is 3.19. The van der Waals surface area contributed by atoms with E-state index in [1.807, 2.05) is 30.3 Å². The zero-order valence-corrected chi connectivity index (χ0v) is 22.3. The Kier molecular flexibility index (Phi) is 7.73. The van der Waals surface area contributed by atoms with Gasteiger partial charge in [0, 0.05) is 32.6 Å². The molecule has 2 aliphatic rings. The number of hydrazone groups is 1. The molecule has 0 unspecified atom stereocenters. The van der Waals surface area contributed by atoms with Crippen molar-refractivity contribution in [2.75, 3.05) is 33.9 Å². The van der Waals surface area contributed by atoms with Crippen molar-refractivity contribution in [1.82, 2.24) is 15.2 Å². The van der Waals surface area contributed by atoms with Crippen molar-refractivity contribution in [3.05, 3.63) is 60.2 Å². The molecule has 0 saturated carbocycles. The monoisotopic (exact) mass is 521 g/mol. The lowest BCUT2D eigenvalue weighted by molar-refractivity contribution is -0.143. The van der Waals surface area contributed by atoms with Gasteiger partial charge >= 0.3 is 0 Å². The van der Waals surface area contributed by atoms with Crippen LogP contribution < -0.4 is 20.5 Å². The third-order valence-corrected chi connectivity index (χ3v) is 6.91. The zero-order valence-electron chi connectivity index (χ0n) is 22.3. The number of hydrogen-bond acceptors (Lipinski definition) is 7. The number of fused-ring (bicyclic) bond motifs is 1. The van der Waals surface area contributed by atoms with Gasteiger partial charge in [0.2, 0.25) is 11.8 Å². The topological polar surface area (TPSA) is 127 Å². The van der Waals surface area contributed by atoms with E-state index >= 15 is 0 Å². The molecule has 1 saturated heterocycles. The highest BCUT2D eigenvalue weighted by Crippen LogP contribution is 2.38. The Morgan fingerprint density at radius 1 is 1.16 bits per heavy atom. The second-order valence-electron chi connectivity index (χ2n) is 10.4. The van der Waals surface area contributed by atoms with Crippen LogP contribution in [0.15, 0.2) is 59.7 Å². The number of amides is 3. The van der Waals surface area contributed by atoms with Gasteiger partial charge in [-0.1, -0.05) is 36.4 Å². The number of carbonyl (C=O) groups is 3. The summed E-state index contributed by atoms with van der Waals surface area (Å²) in [6.07, 6.45) is 0.876. The Morgan fingerprint density at radius 3 is 2.55 bits per heavy atom. The molecule has 4 rings (SSSR count). The van der Waals surface area contributed by atoms with E-state index in [-0.39, 0.29) is 25.0 Å². The summed E-state index contributed by atoms with van der Waals surface area (Å²) in [6.45, 7) is 3.54. The Hall–Kier alpha value is -3.92. The van der Waals surface area contributed by atoms with E-state index in [2.05, 4.69) is 10.4 Å². The smallest absolute Gasteiger partial charge is 0.256 e. The van der Waals surface area contributed by atoms with Crippen LogP contribution in [0.5, 0.6) is 11.5 Å². The highest BCUT2D eigenvalue weighted by molar-refractivity contribution is 6.13. The maximum Gasteiger partial charge on any atom is 0.256 e. The van der Waals surface area contributed by atoms with Crippen molar-refractivity contribution >= 4 is 23.4 Å². The average molecular weight is 522 g/mol. The molecule has 202 valence electrons. The molecule has 2 atom stereocenters. The van der Waals surface area contributed by atoms with Crippen molar-refractivity contribution in [3.63, 3.8) is 0 Å². The average Bonchev–Trinajstić information content (AvgIpc) is 3.14. The van der Waals surface area contributed by atoms with Crippen molar-refractivity contribution in [1.29, 1.82) is 0 Å². The van der Waals surface area contributed by atoms with Gasteiger partial charge in [-0.25, -0.2) is 5.01 Å². The molecule has 2 heterocycles. The molecule has 0 aliphatic carbocycles. The van der Waals surface area contributed by atoms with Gasteiger partial charge < -0.3 is 25.4 Å². The Morgan fingerprint density at radius 2 is 1.87 bits per heavy atom. The largest absolute Gasteiger partial charge is 0.497 e. The van der Waals surface area contributed by atoms with Gasteiger partial charge in [-0.3, -0.25) is 14.4 Å². The minimum absolute atomic E-state index is 0.120. The van der Waals surface area contributed by atoms with E-state index in [1.165, 1.54) is 5.01 Å². The van der Waals surface area contributed by atoms with Crippen LogP contribution in [0.2, 0.25) is 0 Å². The van der Waals surface area contributed by atoms with Gasteiger partial charge in [-0.2, -0.15) is 5.10 Å². The fourth-order valence-electron chi connectivity index (χ4n) is 4.83. The number of nitrogens with two attached hydrogens (primary N) is 1. The molecule has 0 spiro atoms. The van der Waals surface area contributed by atoms with Crippen LogP contribution in [0.1, 0.15) is 25.8 Å². The summed E-state index contributed by atoms with van der Waals surface area (Å²) < 4.78 is 11.1. The Balaban J connectivity index is 1.58. The first-order chi connectivity index (χ1) is 18.0. The number of benzene rings is 2. The molecule has 10 heteroatoms. The molecule has 2 aromatic rings. The molecule has 0 aromatic heterocycles.